The number of rotatable bonds is 2. The van der Waals surface area contributed by atoms with Crippen LogP contribution in [-0.2, 0) is 6.54 Å². The molecule has 0 aliphatic heterocycles. The topological polar surface area (TPSA) is 17.8 Å². The molecule has 0 fully saturated rings. The number of hydrogen-bond acceptors (Lipinski definition) is 1. The third kappa shape index (κ3) is 1.47. The van der Waals surface area contributed by atoms with Gasteiger partial charge in [0.25, 0.3) is 0 Å². The highest BCUT2D eigenvalue weighted by Gasteiger charge is 1.82. The summed E-state index contributed by atoms with van der Waals surface area (Å²) in [7, 11) is 0. The van der Waals surface area contributed by atoms with E-state index >= 15 is 0 Å². The smallest absolute Gasteiger partial charge is 0.0946 e. The molecule has 0 saturated heterocycles. The van der Waals surface area contributed by atoms with Crippen LogP contribution in [-0.4, -0.2) is 14.0 Å². The molecular formula is C5H7IN2. The molecule has 1 aromatic heterocycles. The molecule has 1 rings (SSSR count). The zero-order valence-corrected chi connectivity index (χ0v) is 6.58. The van der Waals surface area contributed by atoms with Gasteiger partial charge in [0.15, 0.2) is 0 Å². The van der Waals surface area contributed by atoms with Crippen LogP contribution >= 0.6 is 22.6 Å². The number of halogens is 1. The van der Waals surface area contributed by atoms with E-state index < -0.39 is 0 Å². The molecule has 1 aromatic rings. The van der Waals surface area contributed by atoms with Crippen LogP contribution in [0.15, 0.2) is 18.7 Å². The second kappa shape index (κ2) is 3.06. The van der Waals surface area contributed by atoms with E-state index in [0.717, 1.165) is 11.0 Å². The largest absolute Gasteiger partial charge is 0.337 e. The van der Waals surface area contributed by atoms with Crippen molar-refractivity contribution < 1.29 is 0 Å². The average Bonchev–Trinajstić information content (AvgIpc) is 2.19. The molecule has 0 N–H and O–H groups in total. The van der Waals surface area contributed by atoms with Crippen molar-refractivity contribution in [3.05, 3.63) is 18.7 Å². The van der Waals surface area contributed by atoms with Crippen LogP contribution in [0.5, 0.6) is 0 Å². The maximum absolute atomic E-state index is 3.90. The first kappa shape index (κ1) is 6.07. The Morgan fingerprint density at radius 1 is 1.62 bits per heavy atom. The van der Waals surface area contributed by atoms with Crippen molar-refractivity contribution >= 4 is 22.6 Å². The normalized spacial score (nSPS) is 9.62. The zero-order chi connectivity index (χ0) is 5.82. The van der Waals surface area contributed by atoms with Crippen molar-refractivity contribution in [3.8, 4) is 0 Å². The summed E-state index contributed by atoms with van der Waals surface area (Å²) in [5, 5.41) is 0. The highest BCUT2D eigenvalue weighted by atomic mass is 127. The molecule has 3 heteroatoms. The molecule has 0 spiro atoms. The number of alkyl halides is 1. The molecule has 0 aliphatic carbocycles. The van der Waals surface area contributed by atoms with Gasteiger partial charge >= 0.3 is 0 Å². The minimum absolute atomic E-state index is 1.07. The van der Waals surface area contributed by atoms with Gasteiger partial charge in [0.1, 0.15) is 0 Å². The fourth-order valence-electron chi connectivity index (χ4n) is 0.517. The van der Waals surface area contributed by atoms with Gasteiger partial charge in [-0.2, -0.15) is 0 Å². The number of imidazole rings is 1. The minimum Gasteiger partial charge on any atom is -0.337 e. The van der Waals surface area contributed by atoms with Crippen molar-refractivity contribution in [2.45, 2.75) is 6.54 Å². The van der Waals surface area contributed by atoms with E-state index in [4.69, 9.17) is 0 Å². The molecule has 0 atom stereocenters. The third-order valence-corrected chi connectivity index (χ3v) is 1.38. The molecule has 1 heterocycles. The lowest BCUT2D eigenvalue weighted by Gasteiger charge is -1.92. The molecule has 8 heavy (non-hydrogen) atoms. The molecule has 0 saturated carbocycles. The van der Waals surface area contributed by atoms with Gasteiger partial charge in [0.2, 0.25) is 0 Å². The predicted octanol–water partition coefficient (Wildman–Crippen LogP) is 1.32. The Hall–Kier alpha value is -0.0600. The summed E-state index contributed by atoms with van der Waals surface area (Å²) < 4.78 is 3.21. The van der Waals surface area contributed by atoms with Crippen molar-refractivity contribution in [2.75, 3.05) is 4.43 Å². The maximum atomic E-state index is 3.90. The molecule has 44 valence electrons. The van der Waals surface area contributed by atoms with Crippen molar-refractivity contribution in [1.82, 2.24) is 9.55 Å². The van der Waals surface area contributed by atoms with Crippen LogP contribution in [0.3, 0.4) is 0 Å². The lowest BCUT2D eigenvalue weighted by molar-refractivity contribution is 0.779. The second-order valence-electron chi connectivity index (χ2n) is 1.49. The molecule has 0 bridgehead atoms. The maximum Gasteiger partial charge on any atom is 0.0946 e. The van der Waals surface area contributed by atoms with Crippen molar-refractivity contribution in [2.24, 2.45) is 0 Å². The lowest BCUT2D eigenvalue weighted by Crippen LogP contribution is -1.93. The molecule has 0 radical (unpaired) electrons. The standard InChI is InChI=1S/C5H7IN2/c6-1-3-8-4-2-7-5-8/h2,4-5H,1,3H2. The van der Waals surface area contributed by atoms with Gasteiger partial charge in [-0.05, 0) is 0 Å². The van der Waals surface area contributed by atoms with Crippen molar-refractivity contribution in [1.29, 1.82) is 0 Å². The van der Waals surface area contributed by atoms with Crippen LogP contribution in [0.1, 0.15) is 0 Å². The summed E-state index contributed by atoms with van der Waals surface area (Å²) in [5.74, 6) is 0. The summed E-state index contributed by atoms with van der Waals surface area (Å²) >= 11 is 2.34. The van der Waals surface area contributed by atoms with Crippen molar-refractivity contribution in [3.63, 3.8) is 0 Å². The van der Waals surface area contributed by atoms with E-state index in [1.54, 1.807) is 6.20 Å². The van der Waals surface area contributed by atoms with E-state index in [9.17, 15) is 0 Å². The fraction of sp³-hybridized carbons (Fsp3) is 0.400. The minimum atomic E-state index is 1.07. The van der Waals surface area contributed by atoms with E-state index in [0.29, 0.717) is 0 Å². The number of aryl methyl sites for hydroxylation is 1. The van der Waals surface area contributed by atoms with E-state index in [1.165, 1.54) is 0 Å². The molecular weight excluding hydrogens is 215 g/mol. The van der Waals surface area contributed by atoms with Gasteiger partial charge in [-0.1, -0.05) is 22.6 Å². The number of aromatic nitrogens is 2. The summed E-state index contributed by atoms with van der Waals surface area (Å²) in [6.07, 6.45) is 5.60. The van der Waals surface area contributed by atoms with E-state index in [1.807, 2.05) is 12.5 Å². The van der Waals surface area contributed by atoms with E-state index in [-0.39, 0.29) is 0 Å². The van der Waals surface area contributed by atoms with Gasteiger partial charge in [0.05, 0.1) is 6.33 Å². The van der Waals surface area contributed by atoms with Gasteiger partial charge in [0, 0.05) is 23.4 Å². The molecule has 2 nitrogen and oxygen atoms in total. The Bertz CT molecular complexity index is 136. The summed E-state index contributed by atoms with van der Waals surface area (Å²) in [6.45, 7) is 1.07. The molecule has 0 amide bonds. The Morgan fingerprint density at radius 2 is 2.50 bits per heavy atom. The van der Waals surface area contributed by atoms with Crippen LogP contribution in [0, 0.1) is 0 Å². The van der Waals surface area contributed by atoms with Crippen LogP contribution in [0.2, 0.25) is 0 Å². The second-order valence-corrected chi connectivity index (χ2v) is 2.57. The number of nitrogens with zero attached hydrogens (tertiary/aromatic N) is 2. The lowest BCUT2D eigenvalue weighted by atomic mass is 10.7. The van der Waals surface area contributed by atoms with Gasteiger partial charge in [-0.25, -0.2) is 4.98 Å². The van der Waals surface area contributed by atoms with E-state index in [2.05, 4.69) is 32.1 Å². The average molecular weight is 222 g/mol. The summed E-state index contributed by atoms with van der Waals surface area (Å²) in [6, 6.07) is 0. The summed E-state index contributed by atoms with van der Waals surface area (Å²) in [4.78, 5) is 3.90. The first-order valence-electron chi connectivity index (χ1n) is 2.45. The first-order chi connectivity index (χ1) is 3.93. The zero-order valence-electron chi connectivity index (χ0n) is 4.42. The monoisotopic (exact) mass is 222 g/mol. The Labute approximate surface area is 62.1 Å². The fourth-order valence-corrected chi connectivity index (χ4v) is 1.07. The Balaban J connectivity index is 2.50. The van der Waals surface area contributed by atoms with Gasteiger partial charge in [-0.15, -0.1) is 0 Å². The third-order valence-electron chi connectivity index (χ3n) is 0.902. The Kier molecular flexibility index (Phi) is 2.32. The quantitative estimate of drug-likeness (QED) is 0.545. The first-order valence-corrected chi connectivity index (χ1v) is 3.98. The van der Waals surface area contributed by atoms with Crippen LogP contribution in [0.25, 0.3) is 0 Å². The van der Waals surface area contributed by atoms with Gasteiger partial charge < -0.3 is 4.57 Å². The summed E-state index contributed by atoms with van der Waals surface area (Å²) in [5.41, 5.74) is 0. The van der Waals surface area contributed by atoms with Crippen LogP contribution in [0.4, 0.5) is 0 Å². The molecule has 0 aliphatic rings. The molecule has 0 unspecified atom stereocenters. The highest BCUT2D eigenvalue weighted by Crippen LogP contribution is 1.88. The van der Waals surface area contributed by atoms with Gasteiger partial charge in [-0.3, -0.25) is 0 Å². The predicted molar refractivity (Wildman–Crippen MR) is 41.1 cm³/mol. The molecule has 0 aromatic carbocycles. The number of hydrogen-bond donors (Lipinski definition) is 0. The highest BCUT2D eigenvalue weighted by molar-refractivity contribution is 14.1. The van der Waals surface area contributed by atoms with Crippen LogP contribution < -0.4 is 0 Å². The Morgan fingerprint density at radius 3 is 3.00 bits per heavy atom. The SMILES string of the molecule is ICCn1ccnc1.